The molecular formula is C13H18N4OS. The molecule has 102 valence electrons. The van der Waals surface area contributed by atoms with Crippen LogP contribution < -0.4 is 11.1 Å². The molecule has 2 aromatic rings. The van der Waals surface area contributed by atoms with E-state index in [4.69, 9.17) is 5.73 Å². The monoisotopic (exact) mass is 278 g/mol. The number of rotatable bonds is 2. The van der Waals surface area contributed by atoms with E-state index in [-0.39, 0.29) is 6.10 Å². The van der Waals surface area contributed by atoms with Gasteiger partial charge >= 0.3 is 0 Å². The van der Waals surface area contributed by atoms with E-state index >= 15 is 0 Å². The number of nitrogen functional groups attached to an aromatic ring is 1. The molecular weight excluding hydrogens is 260 g/mol. The molecule has 0 aromatic carbocycles. The Kier molecular flexibility index (Phi) is 3.28. The third kappa shape index (κ3) is 2.64. The molecule has 0 saturated heterocycles. The highest BCUT2D eigenvalue weighted by atomic mass is 32.1. The molecule has 1 aliphatic carbocycles. The van der Waals surface area contributed by atoms with Crippen molar-refractivity contribution in [2.75, 3.05) is 11.1 Å². The fourth-order valence-corrected chi connectivity index (χ4v) is 3.47. The van der Waals surface area contributed by atoms with E-state index in [2.05, 4.69) is 28.3 Å². The molecule has 6 heteroatoms. The van der Waals surface area contributed by atoms with E-state index in [0.717, 1.165) is 41.7 Å². The lowest BCUT2D eigenvalue weighted by Gasteiger charge is -2.26. The first kappa shape index (κ1) is 12.6. The Morgan fingerprint density at radius 3 is 2.79 bits per heavy atom. The Morgan fingerprint density at radius 1 is 1.32 bits per heavy atom. The molecule has 0 atom stereocenters. The van der Waals surface area contributed by atoms with Crippen LogP contribution in [0.15, 0.2) is 6.07 Å². The minimum atomic E-state index is -0.142. The van der Waals surface area contributed by atoms with Gasteiger partial charge in [-0.15, -0.1) is 11.3 Å². The number of nitrogens with one attached hydrogen (secondary N) is 1. The number of aromatic nitrogens is 2. The number of nitrogens with zero attached hydrogens (tertiary/aromatic N) is 2. The fourth-order valence-electron chi connectivity index (χ4n) is 2.58. The van der Waals surface area contributed by atoms with Gasteiger partial charge in [0.1, 0.15) is 10.6 Å². The molecule has 5 nitrogen and oxygen atoms in total. The molecule has 4 N–H and O–H groups in total. The molecule has 0 bridgehead atoms. The second kappa shape index (κ2) is 4.94. The van der Waals surface area contributed by atoms with Gasteiger partial charge in [-0.25, -0.2) is 4.98 Å². The number of anilines is 2. The van der Waals surface area contributed by atoms with Crippen molar-refractivity contribution in [2.24, 2.45) is 0 Å². The van der Waals surface area contributed by atoms with Crippen molar-refractivity contribution < 1.29 is 5.11 Å². The molecule has 1 fully saturated rings. The molecule has 2 heterocycles. The van der Waals surface area contributed by atoms with Crippen molar-refractivity contribution >= 4 is 33.3 Å². The lowest BCUT2D eigenvalue weighted by Crippen LogP contribution is -2.28. The molecule has 0 aliphatic heterocycles. The zero-order valence-corrected chi connectivity index (χ0v) is 11.7. The number of aliphatic hydroxyl groups is 1. The summed E-state index contributed by atoms with van der Waals surface area (Å²) in [6.07, 6.45) is 3.50. The van der Waals surface area contributed by atoms with Crippen LogP contribution in [0.3, 0.4) is 0 Å². The molecule has 1 saturated carbocycles. The van der Waals surface area contributed by atoms with Crippen LogP contribution in [0.1, 0.15) is 30.6 Å². The van der Waals surface area contributed by atoms with Gasteiger partial charge in [0.15, 0.2) is 0 Å². The quantitative estimate of drug-likeness (QED) is 0.785. The number of nitrogens with two attached hydrogens (primary N) is 1. The van der Waals surface area contributed by atoms with Crippen molar-refractivity contribution in [3.8, 4) is 0 Å². The number of hydrogen-bond acceptors (Lipinski definition) is 6. The van der Waals surface area contributed by atoms with E-state index in [1.165, 1.54) is 4.88 Å². The lowest BCUT2D eigenvalue weighted by molar-refractivity contribution is 0.126. The molecule has 1 aliphatic rings. The highest BCUT2D eigenvalue weighted by Gasteiger charge is 2.20. The highest BCUT2D eigenvalue weighted by Crippen LogP contribution is 2.31. The van der Waals surface area contributed by atoms with E-state index in [0.29, 0.717) is 12.0 Å². The van der Waals surface area contributed by atoms with Gasteiger partial charge in [-0.1, -0.05) is 0 Å². The Morgan fingerprint density at radius 2 is 2.05 bits per heavy atom. The van der Waals surface area contributed by atoms with Crippen LogP contribution in [-0.2, 0) is 0 Å². The fraction of sp³-hybridized carbons (Fsp3) is 0.538. The minimum Gasteiger partial charge on any atom is -0.393 e. The van der Waals surface area contributed by atoms with Crippen molar-refractivity contribution in [3.63, 3.8) is 0 Å². The SMILES string of the molecule is Cc1cc2c(NC3CCC(O)CC3)nc(N)nc2s1. The van der Waals surface area contributed by atoms with Crippen molar-refractivity contribution in [1.29, 1.82) is 0 Å². The zero-order valence-electron chi connectivity index (χ0n) is 10.9. The molecule has 3 rings (SSSR count). The average molecular weight is 278 g/mol. The molecule has 2 aromatic heterocycles. The summed E-state index contributed by atoms with van der Waals surface area (Å²) in [6, 6.07) is 2.46. The normalized spacial score (nSPS) is 23.7. The smallest absolute Gasteiger partial charge is 0.223 e. The first-order valence-corrected chi connectivity index (χ1v) is 7.42. The summed E-state index contributed by atoms with van der Waals surface area (Å²) < 4.78 is 0. The average Bonchev–Trinajstić information content (AvgIpc) is 2.72. The van der Waals surface area contributed by atoms with Gasteiger partial charge in [0, 0.05) is 10.9 Å². The molecule has 0 amide bonds. The van der Waals surface area contributed by atoms with Gasteiger partial charge in [0.25, 0.3) is 0 Å². The van der Waals surface area contributed by atoms with Crippen molar-refractivity contribution in [3.05, 3.63) is 10.9 Å². The summed E-state index contributed by atoms with van der Waals surface area (Å²) in [5.74, 6) is 1.14. The number of hydrogen-bond donors (Lipinski definition) is 3. The van der Waals surface area contributed by atoms with Gasteiger partial charge in [-0.3, -0.25) is 0 Å². The summed E-state index contributed by atoms with van der Waals surface area (Å²) in [4.78, 5) is 10.7. The number of aliphatic hydroxyl groups excluding tert-OH is 1. The van der Waals surface area contributed by atoms with Gasteiger partial charge < -0.3 is 16.2 Å². The maximum absolute atomic E-state index is 9.54. The molecule has 0 radical (unpaired) electrons. The van der Waals surface area contributed by atoms with Crippen LogP contribution in [0.5, 0.6) is 0 Å². The summed E-state index contributed by atoms with van der Waals surface area (Å²) >= 11 is 1.63. The van der Waals surface area contributed by atoms with Crippen molar-refractivity contribution in [1.82, 2.24) is 9.97 Å². The predicted octanol–water partition coefficient (Wildman–Crippen LogP) is 2.30. The van der Waals surface area contributed by atoms with Gasteiger partial charge in [-0.2, -0.15) is 4.98 Å². The Labute approximate surface area is 115 Å². The highest BCUT2D eigenvalue weighted by molar-refractivity contribution is 7.18. The topological polar surface area (TPSA) is 84.1 Å². The van der Waals surface area contributed by atoms with Gasteiger partial charge in [0.2, 0.25) is 5.95 Å². The first-order chi connectivity index (χ1) is 9.11. The largest absolute Gasteiger partial charge is 0.393 e. The van der Waals surface area contributed by atoms with Crippen LogP contribution in [0.25, 0.3) is 10.2 Å². The summed E-state index contributed by atoms with van der Waals surface area (Å²) in [6.45, 7) is 2.06. The van der Waals surface area contributed by atoms with Crippen LogP contribution in [0, 0.1) is 6.92 Å². The van der Waals surface area contributed by atoms with Gasteiger partial charge in [-0.05, 0) is 38.7 Å². The van der Waals surface area contributed by atoms with Crippen LogP contribution in [0.2, 0.25) is 0 Å². The zero-order chi connectivity index (χ0) is 13.4. The third-order valence-electron chi connectivity index (χ3n) is 3.57. The Hall–Kier alpha value is -1.40. The summed E-state index contributed by atoms with van der Waals surface area (Å²) in [5.41, 5.74) is 5.77. The Balaban J connectivity index is 1.87. The van der Waals surface area contributed by atoms with E-state index in [1.54, 1.807) is 11.3 Å². The van der Waals surface area contributed by atoms with E-state index in [9.17, 15) is 5.11 Å². The standard InChI is InChI=1S/C13H18N4OS/c1-7-6-10-11(16-13(14)17-12(10)19-7)15-8-2-4-9(18)5-3-8/h6,8-9,18H,2-5H2,1H3,(H3,14,15,16,17). The number of thiophene rings is 1. The van der Waals surface area contributed by atoms with E-state index in [1.807, 2.05) is 0 Å². The second-order valence-corrected chi connectivity index (χ2v) is 6.39. The van der Waals surface area contributed by atoms with Crippen molar-refractivity contribution in [2.45, 2.75) is 44.8 Å². The maximum atomic E-state index is 9.54. The lowest BCUT2D eigenvalue weighted by atomic mass is 9.93. The maximum Gasteiger partial charge on any atom is 0.223 e. The van der Waals surface area contributed by atoms with E-state index < -0.39 is 0 Å². The van der Waals surface area contributed by atoms with Crippen LogP contribution >= 0.6 is 11.3 Å². The first-order valence-electron chi connectivity index (χ1n) is 6.60. The number of fused-ring (bicyclic) bond motifs is 1. The molecule has 0 unspecified atom stereocenters. The Bertz CT molecular complexity index is 590. The van der Waals surface area contributed by atoms with Crippen LogP contribution in [0.4, 0.5) is 11.8 Å². The minimum absolute atomic E-state index is 0.142. The molecule has 19 heavy (non-hydrogen) atoms. The number of aryl methyl sites for hydroxylation is 1. The third-order valence-corrected chi connectivity index (χ3v) is 4.52. The molecule has 0 spiro atoms. The van der Waals surface area contributed by atoms with Gasteiger partial charge in [0.05, 0.1) is 11.5 Å². The van der Waals surface area contributed by atoms with Crippen LogP contribution in [-0.4, -0.2) is 27.2 Å². The summed E-state index contributed by atoms with van der Waals surface area (Å²) in [7, 11) is 0. The second-order valence-electron chi connectivity index (χ2n) is 5.16. The summed E-state index contributed by atoms with van der Waals surface area (Å²) in [5, 5.41) is 14.0. The predicted molar refractivity (Wildman–Crippen MR) is 78.4 cm³/mol.